The molecule has 6 heteroatoms. The molecule has 18 heavy (non-hydrogen) atoms. The maximum absolute atomic E-state index is 5.93. The molecule has 0 atom stereocenters. The third-order valence-corrected chi connectivity index (χ3v) is 2.79. The van der Waals surface area contributed by atoms with Crippen LogP contribution in [0.3, 0.4) is 0 Å². The first-order valence-corrected chi connectivity index (χ1v) is 6.44. The van der Waals surface area contributed by atoms with Gasteiger partial charge in [0.25, 0.3) is 0 Å². The second-order valence-corrected chi connectivity index (χ2v) is 4.65. The molecule has 1 heterocycles. The minimum absolute atomic E-state index is 0.505. The van der Waals surface area contributed by atoms with Gasteiger partial charge in [0, 0.05) is 28.6 Å². The molecule has 0 saturated carbocycles. The van der Waals surface area contributed by atoms with E-state index in [-0.39, 0.29) is 0 Å². The van der Waals surface area contributed by atoms with Crippen molar-refractivity contribution in [3.05, 3.63) is 34.1 Å². The number of hydrogen-bond donors (Lipinski definition) is 1. The largest absolute Gasteiger partial charge is 0.339 e. The van der Waals surface area contributed by atoms with Crippen LogP contribution in [-0.2, 0) is 6.42 Å². The Balaban J connectivity index is 2.13. The Morgan fingerprint density at radius 1 is 1.22 bits per heavy atom. The zero-order valence-corrected chi connectivity index (χ0v) is 11.4. The van der Waals surface area contributed by atoms with E-state index in [2.05, 4.69) is 15.5 Å². The van der Waals surface area contributed by atoms with Crippen LogP contribution in [-0.4, -0.2) is 23.2 Å². The summed E-state index contributed by atoms with van der Waals surface area (Å²) >= 11 is 11.9. The first-order valence-electron chi connectivity index (χ1n) is 5.69. The number of rotatable bonds is 5. The highest BCUT2D eigenvalue weighted by Crippen LogP contribution is 2.25. The van der Waals surface area contributed by atoms with Gasteiger partial charge < -0.3 is 9.84 Å². The van der Waals surface area contributed by atoms with Crippen LogP contribution in [0.15, 0.2) is 22.7 Å². The number of benzene rings is 1. The lowest BCUT2D eigenvalue weighted by atomic mass is 10.2. The molecule has 4 nitrogen and oxygen atoms in total. The molecule has 0 fully saturated rings. The Hall–Kier alpha value is -1.10. The van der Waals surface area contributed by atoms with Crippen molar-refractivity contribution in [2.45, 2.75) is 13.3 Å². The summed E-state index contributed by atoms with van der Waals surface area (Å²) in [6, 6.07) is 5.18. The van der Waals surface area contributed by atoms with Crippen LogP contribution in [0.2, 0.25) is 10.0 Å². The van der Waals surface area contributed by atoms with Gasteiger partial charge in [-0.1, -0.05) is 35.3 Å². The molecule has 0 amide bonds. The molecule has 1 N–H and O–H groups in total. The summed E-state index contributed by atoms with van der Waals surface area (Å²) in [5.41, 5.74) is 0.756. The molecule has 96 valence electrons. The fourth-order valence-corrected chi connectivity index (χ4v) is 2.05. The predicted octanol–water partition coefficient (Wildman–Crippen LogP) is 3.20. The first kappa shape index (κ1) is 13.3. The summed E-state index contributed by atoms with van der Waals surface area (Å²) in [4.78, 5) is 4.30. The highest BCUT2D eigenvalue weighted by Gasteiger charge is 2.09. The molecule has 0 aliphatic carbocycles. The molecule has 1 aromatic carbocycles. The van der Waals surface area contributed by atoms with Crippen molar-refractivity contribution >= 4 is 23.2 Å². The van der Waals surface area contributed by atoms with Crippen LogP contribution >= 0.6 is 23.2 Å². The van der Waals surface area contributed by atoms with Gasteiger partial charge in [-0.2, -0.15) is 4.98 Å². The standard InChI is InChI=1S/C12H13Cl2N3O/c1-2-15-4-3-11-16-12(17-18-11)8-5-9(13)7-10(14)6-8/h5-7,15H,2-4H2,1H3. The number of nitrogens with zero attached hydrogens (tertiary/aromatic N) is 2. The first-order chi connectivity index (χ1) is 8.69. The molecule has 0 aliphatic rings. The van der Waals surface area contributed by atoms with Gasteiger partial charge in [0.05, 0.1) is 0 Å². The molecule has 0 bridgehead atoms. The molecule has 1 aromatic heterocycles. The summed E-state index contributed by atoms with van der Waals surface area (Å²) < 4.78 is 5.16. The fraction of sp³-hybridized carbons (Fsp3) is 0.333. The van der Waals surface area contributed by atoms with Gasteiger partial charge in [0.15, 0.2) is 0 Å². The number of aromatic nitrogens is 2. The van der Waals surface area contributed by atoms with Crippen LogP contribution in [0.25, 0.3) is 11.4 Å². The van der Waals surface area contributed by atoms with Gasteiger partial charge >= 0.3 is 0 Å². The predicted molar refractivity (Wildman–Crippen MR) is 72.0 cm³/mol. The monoisotopic (exact) mass is 285 g/mol. The van der Waals surface area contributed by atoms with Crippen molar-refractivity contribution in [2.75, 3.05) is 13.1 Å². The molecule has 0 saturated heterocycles. The van der Waals surface area contributed by atoms with Crippen LogP contribution < -0.4 is 5.32 Å². The van der Waals surface area contributed by atoms with E-state index >= 15 is 0 Å². The maximum atomic E-state index is 5.93. The molecule has 0 radical (unpaired) electrons. The Morgan fingerprint density at radius 3 is 2.61 bits per heavy atom. The Morgan fingerprint density at radius 2 is 1.94 bits per heavy atom. The summed E-state index contributed by atoms with van der Waals surface area (Å²) in [5.74, 6) is 1.10. The van der Waals surface area contributed by atoms with Gasteiger partial charge in [-0.05, 0) is 24.7 Å². The van der Waals surface area contributed by atoms with Crippen molar-refractivity contribution in [3.63, 3.8) is 0 Å². The summed E-state index contributed by atoms with van der Waals surface area (Å²) in [6.45, 7) is 3.78. The fourth-order valence-electron chi connectivity index (χ4n) is 1.53. The lowest BCUT2D eigenvalue weighted by molar-refractivity contribution is 0.377. The van der Waals surface area contributed by atoms with Crippen LogP contribution in [0.4, 0.5) is 0 Å². The van der Waals surface area contributed by atoms with Crippen molar-refractivity contribution in [2.24, 2.45) is 0 Å². The molecule has 2 aromatic rings. The highest BCUT2D eigenvalue weighted by molar-refractivity contribution is 6.35. The molecule has 0 unspecified atom stereocenters. The van der Waals surface area contributed by atoms with E-state index in [4.69, 9.17) is 27.7 Å². The average Bonchev–Trinajstić information content (AvgIpc) is 2.77. The minimum atomic E-state index is 0.505. The number of halogens is 2. The number of likely N-dealkylation sites (N-methyl/N-ethyl adjacent to an activating group) is 1. The van der Waals surface area contributed by atoms with Crippen LogP contribution in [0.5, 0.6) is 0 Å². The van der Waals surface area contributed by atoms with E-state index in [1.54, 1.807) is 18.2 Å². The van der Waals surface area contributed by atoms with E-state index in [9.17, 15) is 0 Å². The Labute approximate surface area is 115 Å². The zero-order valence-electron chi connectivity index (χ0n) is 9.91. The normalized spacial score (nSPS) is 10.8. The highest BCUT2D eigenvalue weighted by atomic mass is 35.5. The van der Waals surface area contributed by atoms with Gasteiger partial charge in [-0.15, -0.1) is 0 Å². The zero-order chi connectivity index (χ0) is 13.0. The minimum Gasteiger partial charge on any atom is -0.339 e. The molecular formula is C12H13Cl2N3O. The lowest BCUT2D eigenvalue weighted by Crippen LogP contribution is -2.16. The quantitative estimate of drug-likeness (QED) is 0.858. The van der Waals surface area contributed by atoms with Crippen LogP contribution in [0.1, 0.15) is 12.8 Å². The van der Waals surface area contributed by atoms with Gasteiger partial charge in [-0.25, -0.2) is 0 Å². The van der Waals surface area contributed by atoms with Crippen molar-refractivity contribution in [3.8, 4) is 11.4 Å². The summed E-state index contributed by atoms with van der Waals surface area (Å²) in [6.07, 6.45) is 0.704. The second kappa shape index (κ2) is 6.18. The summed E-state index contributed by atoms with van der Waals surface area (Å²) in [7, 11) is 0. The van der Waals surface area contributed by atoms with E-state index in [0.29, 0.717) is 28.2 Å². The smallest absolute Gasteiger partial charge is 0.228 e. The third kappa shape index (κ3) is 3.45. The lowest BCUT2D eigenvalue weighted by Gasteiger charge is -1.97. The summed E-state index contributed by atoms with van der Waals surface area (Å²) in [5, 5.41) is 8.21. The van der Waals surface area contributed by atoms with Crippen LogP contribution in [0, 0.1) is 0 Å². The average molecular weight is 286 g/mol. The molecular weight excluding hydrogens is 273 g/mol. The van der Waals surface area contributed by atoms with Crippen molar-refractivity contribution in [1.82, 2.24) is 15.5 Å². The maximum Gasteiger partial charge on any atom is 0.228 e. The Kier molecular flexibility index (Phi) is 4.58. The third-order valence-electron chi connectivity index (χ3n) is 2.35. The van der Waals surface area contributed by atoms with Crippen molar-refractivity contribution < 1.29 is 4.52 Å². The van der Waals surface area contributed by atoms with Gasteiger partial charge in [0.2, 0.25) is 11.7 Å². The number of nitrogens with one attached hydrogen (secondary N) is 1. The van der Waals surface area contributed by atoms with E-state index in [0.717, 1.165) is 18.7 Å². The second-order valence-electron chi connectivity index (χ2n) is 3.77. The number of hydrogen-bond acceptors (Lipinski definition) is 4. The van der Waals surface area contributed by atoms with E-state index in [1.165, 1.54) is 0 Å². The van der Waals surface area contributed by atoms with Gasteiger partial charge in [0.1, 0.15) is 0 Å². The molecule has 2 rings (SSSR count). The van der Waals surface area contributed by atoms with E-state index in [1.807, 2.05) is 6.92 Å². The molecule has 0 spiro atoms. The molecule has 0 aliphatic heterocycles. The Bertz CT molecular complexity index is 508. The van der Waals surface area contributed by atoms with Gasteiger partial charge in [-0.3, -0.25) is 0 Å². The topological polar surface area (TPSA) is 51.0 Å². The van der Waals surface area contributed by atoms with E-state index < -0.39 is 0 Å². The van der Waals surface area contributed by atoms with Crippen molar-refractivity contribution in [1.29, 1.82) is 0 Å². The SMILES string of the molecule is CCNCCc1nc(-c2cc(Cl)cc(Cl)c2)no1.